The van der Waals surface area contributed by atoms with Crippen LogP contribution in [0.1, 0.15) is 17.2 Å². The molecule has 0 aromatic heterocycles. The second-order valence-electron chi connectivity index (χ2n) is 3.44. The lowest BCUT2D eigenvalue weighted by Crippen LogP contribution is -2.23. The fourth-order valence-corrected chi connectivity index (χ4v) is 2.36. The Labute approximate surface area is 88.2 Å². The number of nitrogens with one attached hydrogen (secondary N) is 1. The smallest absolute Gasteiger partial charge is 0.0436 e. The zero-order valence-electron chi connectivity index (χ0n) is 8.91. The molecule has 2 atom stereocenters. The van der Waals surface area contributed by atoms with Gasteiger partial charge in [0, 0.05) is 28.9 Å². The maximum atomic E-state index is 11.2. The summed E-state index contributed by atoms with van der Waals surface area (Å²) in [6, 6.07) is 8.41. The summed E-state index contributed by atoms with van der Waals surface area (Å²) >= 11 is 0. The molecule has 0 amide bonds. The molecule has 0 bridgehead atoms. The third kappa shape index (κ3) is 2.93. The molecule has 0 aliphatic rings. The van der Waals surface area contributed by atoms with Crippen molar-refractivity contribution in [3.05, 3.63) is 35.4 Å². The van der Waals surface area contributed by atoms with Crippen molar-refractivity contribution >= 4 is 10.8 Å². The third-order valence-corrected chi connectivity index (χ3v) is 3.12. The molecule has 0 radical (unpaired) electrons. The highest BCUT2D eigenvalue weighted by Crippen LogP contribution is 2.17. The van der Waals surface area contributed by atoms with Crippen LogP contribution >= 0.6 is 0 Å². The van der Waals surface area contributed by atoms with Crippen LogP contribution in [0.5, 0.6) is 0 Å². The lowest BCUT2D eigenvalue weighted by Gasteiger charge is -2.17. The van der Waals surface area contributed by atoms with Gasteiger partial charge in [0.15, 0.2) is 0 Å². The lowest BCUT2D eigenvalue weighted by atomic mass is 10.0. The average molecular weight is 211 g/mol. The van der Waals surface area contributed by atoms with Gasteiger partial charge >= 0.3 is 0 Å². The summed E-state index contributed by atoms with van der Waals surface area (Å²) in [5, 5.41) is 3.20. The van der Waals surface area contributed by atoms with E-state index in [1.807, 2.05) is 19.2 Å². The SMILES string of the molecule is CNC(CS(C)=O)c1ccccc1C. The van der Waals surface area contributed by atoms with Crippen LogP contribution in [0.2, 0.25) is 0 Å². The lowest BCUT2D eigenvalue weighted by molar-refractivity contribution is 0.635. The Morgan fingerprint density at radius 3 is 2.57 bits per heavy atom. The highest BCUT2D eigenvalue weighted by Gasteiger charge is 2.12. The molecule has 0 saturated carbocycles. The Morgan fingerprint density at radius 2 is 2.07 bits per heavy atom. The second-order valence-corrected chi connectivity index (χ2v) is 4.92. The summed E-state index contributed by atoms with van der Waals surface area (Å²) in [4.78, 5) is 0. The average Bonchev–Trinajstić information content (AvgIpc) is 2.15. The zero-order valence-corrected chi connectivity index (χ0v) is 9.73. The van der Waals surface area contributed by atoms with Gasteiger partial charge in [-0.05, 0) is 25.1 Å². The van der Waals surface area contributed by atoms with Crippen LogP contribution < -0.4 is 5.32 Å². The topological polar surface area (TPSA) is 29.1 Å². The summed E-state index contributed by atoms with van der Waals surface area (Å²) in [6.45, 7) is 2.08. The van der Waals surface area contributed by atoms with E-state index in [0.717, 1.165) is 0 Å². The Balaban J connectivity index is 2.89. The fourth-order valence-electron chi connectivity index (χ4n) is 1.54. The molecule has 0 spiro atoms. The van der Waals surface area contributed by atoms with Crippen LogP contribution in [-0.4, -0.2) is 23.3 Å². The highest BCUT2D eigenvalue weighted by molar-refractivity contribution is 7.84. The maximum absolute atomic E-state index is 11.2. The molecular formula is C11H17NOS. The van der Waals surface area contributed by atoms with Gasteiger partial charge in [0.05, 0.1) is 0 Å². The highest BCUT2D eigenvalue weighted by atomic mass is 32.2. The standard InChI is InChI=1S/C11H17NOS/c1-9-6-4-5-7-10(9)11(12-2)8-14(3)13/h4-7,11-12H,8H2,1-3H3. The predicted molar refractivity (Wildman–Crippen MR) is 61.9 cm³/mol. The van der Waals surface area contributed by atoms with Gasteiger partial charge < -0.3 is 5.32 Å². The molecule has 2 nitrogen and oxygen atoms in total. The van der Waals surface area contributed by atoms with Crippen LogP contribution in [0.25, 0.3) is 0 Å². The number of rotatable bonds is 4. The molecule has 1 rings (SSSR count). The van der Waals surface area contributed by atoms with Crippen LogP contribution in [0.3, 0.4) is 0 Å². The first-order valence-corrected chi connectivity index (χ1v) is 6.40. The molecule has 0 heterocycles. The van der Waals surface area contributed by atoms with E-state index in [2.05, 4.69) is 24.4 Å². The van der Waals surface area contributed by atoms with Crippen molar-refractivity contribution < 1.29 is 4.21 Å². The monoisotopic (exact) mass is 211 g/mol. The van der Waals surface area contributed by atoms with Crippen LogP contribution in [0, 0.1) is 6.92 Å². The Kier molecular flexibility index (Phi) is 4.29. The molecule has 78 valence electrons. The molecule has 1 aromatic rings. The molecule has 0 saturated heterocycles. The largest absolute Gasteiger partial charge is 0.312 e. The summed E-state index contributed by atoms with van der Waals surface area (Å²) in [5.41, 5.74) is 2.49. The van der Waals surface area contributed by atoms with E-state index in [9.17, 15) is 4.21 Å². The Hall–Kier alpha value is -0.670. The zero-order chi connectivity index (χ0) is 10.6. The first kappa shape index (κ1) is 11.4. The van der Waals surface area contributed by atoms with Gasteiger partial charge in [0.2, 0.25) is 0 Å². The van der Waals surface area contributed by atoms with Crippen molar-refractivity contribution in [2.45, 2.75) is 13.0 Å². The van der Waals surface area contributed by atoms with Gasteiger partial charge in [-0.2, -0.15) is 0 Å². The van der Waals surface area contributed by atoms with Crippen molar-refractivity contribution in [2.24, 2.45) is 0 Å². The van der Waals surface area contributed by atoms with Gasteiger partial charge in [-0.25, -0.2) is 0 Å². The maximum Gasteiger partial charge on any atom is 0.0436 e. The number of aryl methyl sites for hydroxylation is 1. The van der Waals surface area contributed by atoms with Crippen molar-refractivity contribution in [3.8, 4) is 0 Å². The normalized spacial score (nSPS) is 15.1. The Bertz CT molecular complexity index is 325. The minimum Gasteiger partial charge on any atom is -0.312 e. The number of hydrogen-bond donors (Lipinski definition) is 1. The molecule has 0 aliphatic heterocycles. The molecule has 0 aliphatic carbocycles. The molecule has 2 unspecified atom stereocenters. The van der Waals surface area contributed by atoms with Crippen molar-refractivity contribution in [1.29, 1.82) is 0 Å². The van der Waals surface area contributed by atoms with E-state index < -0.39 is 10.8 Å². The van der Waals surface area contributed by atoms with Crippen molar-refractivity contribution in [3.63, 3.8) is 0 Å². The van der Waals surface area contributed by atoms with Crippen LogP contribution in [0.15, 0.2) is 24.3 Å². The van der Waals surface area contributed by atoms with Crippen LogP contribution in [0.4, 0.5) is 0 Å². The predicted octanol–water partition coefficient (Wildman–Crippen LogP) is 1.63. The van der Waals surface area contributed by atoms with Gasteiger partial charge in [0.1, 0.15) is 0 Å². The quantitative estimate of drug-likeness (QED) is 0.820. The van der Waals surface area contributed by atoms with E-state index in [1.54, 1.807) is 6.26 Å². The summed E-state index contributed by atoms with van der Waals surface area (Å²) in [7, 11) is 1.14. The van der Waals surface area contributed by atoms with E-state index in [0.29, 0.717) is 5.75 Å². The first-order chi connectivity index (χ1) is 6.65. The van der Waals surface area contributed by atoms with E-state index in [-0.39, 0.29) is 6.04 Å². The third-order valence-electron chi connectivity index (χ3n) is 2.31. The molecule has 1 aromatic carbocycles. The first-order valence-electron chi connectivity index (χ1n) is 4.68. The Morgan fingerprint density at radius 1 is 1.43 bits per heavy atom. The second kappa shape index (κ2) is 5.27. The van der Waals surface area contributed by atoms with Gasteiger partial charge in [-0.15, -0.1) is 0 Å². The molecule has 14 heavy (non-hydrogen) atoms. The molecular weight excluding hydrogens is 194 g/mol. The van der Waals surface area contributed by atoms with Crippen LogP contribution in [-0.2, 0) is 10.8 Å². The summed E-state index contributed by atoms with van der Waals surface area (Å²) in [5.74, 6) is 0.668. The van der Waals surface area contributed by atoms with E-state index in [4.69, 9.17) is 0 Å². The number of benzene rings is 1. The van der Waals surface area contributed by atoms with Gasteiger partial charge in [0.25, 0.3) is 0 Å². The summed E-state index contributed by atoms with van der Waals surface area (Å²) < 4.78 is 11.2. The van der Waals surface area contributed by atoms with Crippen molar-refractivity contribution in [1.82, 2.24) is 5.32 Å². The number of hydrogen-bond acceptors (Lipinski definition) is 2. The van der Waals surface area contributed by atoms with Crippen molar-refractivity contribution in [2.75, 3.05) is 19.1 Å². The van der Waals surface area contributed by atoms with Gasteiger partial charge in [-0.1, -0.05) is 24.3 Å². The molecule has 1 N–H and O–H groups in total. The van der Waals surface area contributed by atoms with Gasteiger partial charge in [-0.3, -0.25) is 4.21 Å². The molecule has 3 heteroatoms. The minimum absolute atomic E-state index is 0.196. The fraction of sp³-hybridized carbons (Fsp3) is 0.455. The molecule has 0 fully saturated rings. The summed E-state index contributed by atoms with van der Waals surface area (Å²) in [6.07, 6.45) is 1.74. The van der Waals surface area contributed by atoms with E-state index in [1.165, 1.54) is 11.1 Å². The minimum atomic E-state index is -0.767. The van der Waals surface area contributed by atoms with E-state index >= 15 is 0 Å².